The number of amides is 4. The minimum atomic E-state index is -1.01. The van der Waals surface area contributed by atoms with Crippen molar-refractivity contribution in [2.45, 2.75) is 82.0 Å². The summed E-state index contributed by atoms with van der Waals surface area (Å²) in [6, 6.07) is 25.8. The molecule has 0 radical (unpaired) electrons. The molecule has 65 heavy (non-hydrogen) atoms. The molecule has 0 spiro atoms. The molecule has 0 saturated carbocycles. The van der Waals surface area contributed by atoms with Gasteiger partial charge in [0.15, 0.2) is 0 Å². The third-order valence-corrected chi connectivity index (χ3v) is 13.1. The molecular formula is C49H52N10O6. The van der Waals surface area contributed by atoms with Crippen molar-refractivity contribution in [3.8, 4) is 28.3 Å². The lowest BCUT2D eigenvalue weighted by atomic mass is 9.87. The average molecular weight is 877 g/mol. The second kappa shape index (κ2) is 18.5. The SMILES string of the molecule is COC(=O)N[C@@H](CN)C(=O)N1CCC[C@H]1c1nc2cc(-c3cc4ccc3CCc3ccc(c(-c5ccc6[nH]c([C@@H]7CCCN7C(=O)[C@H](CC#N)NC(=O)OC)nc6c5)c3)CC4)ccc2[nH]1. The smallest absolute Gasteiger partial charge is 0.407 e. The predicted octanol–water partition coefficient (Wildman–Crippen LogP) is 6.31. The summed E-state index contributed by atoms with van der Waals surface area (Å²) < 4.78 is 9.41. The van der Waals surface area contributed by atoms with Crippen molar-refractivity contribution in [1.29, 1.82) is 5.26 Å². The molecule has 0 unspecified atom stereocenters. The van der Waals surface area contributed by atoms with Gasteiger partial charge >= 0.3 is 12.2 Å². The van der Waals surface area contributed by atoms with E-state index in [4.69, 9.17) is 25.2 Å². The number of nitrogens with zero attached hydrogens (tertiary/aromatic N) is 5. The number of methoxy groups -OCH3 is 2. The Bertz CT molecular complexity index is 2850. The Morgan fingerprint density at radius 2 is 1.18 bits per heavy atom. The summed E-state index contributed by atoms with van der Waals surface area (Å²) in [5, 5.41) is 14.4. The zero-order valence-corrected chi connectivity index (χ0v) is 36.5. The summed E-state index contributed by atoms with van der Waals surface area (Å²) >= 11 is 0. The first kappa shape index (κ1) is 43.0. The normalized spacial score (nSPS) is 17.9. The predicted molar refractivity (Wildman–Crippen MR) is 243 cm³/mol. The van der Waals surface area contributed by atoms with Crippen molar-refractivity contribution in [2.75, 3.05) is 33.9 Å². The lowest BCUT2D eigenvalue weighted by molar-refractivity contribution is -0.135. The number of hydrogen-bond donors (Lipinski definition) is 5. The number of likely N-dealkylation sites (tertiary alicyclic amines) is 2. The number of aromatic amines is 2. The topological polar surface area (TPSA) is 224 Å². The van der Waals surface area contributed by atoms with E-state index in [1.807, 2.05) is 12.1 Å². The van der Waals surface area contributed by atoms with Gasteiger partial charge in [-0.2, -0.15) is 5.26 Å². The van der Waals surface area contributed by atoms with Crippen LogP contribution in [0.15, 0.2) is 72.8 Å². The highest BCUT2D eigenvalue weighted by atomic mass is 16.5. The summed E-state index contributed by atoms with van der Waals surface area (Å²) in [6.07, 6.45) is 4.77. The molecule has 4 bridgehead atoms. The summed E-state index contributed by atoms with van der Waals surface area (Å²) in [7, 11) is 2.48. The zero-order chi connectivity index (χ0) is 45.2. The number of ether oxygens (including phenoxy) is 2. The van der Waals surface area contributed by atoms with Gasteiger partial charge in [-0.25, -0.2) is 19.6 Å². The van der Waals surface area contributed by atoms with Gasteiger partial charge < -0.3 is 45.6 Å². The van der Waals surface area contributed by atoms with Crippen LogP contribution in [0.25, 0.3) is 44.3 Å². The van der Waals surface area contributed by atoms with Gasteiger partial charge in [0, 0.05) is 19.6 Å². The van der Waals surface area contributed by atoms with Crippen LogP contribution in [0.3, 0.4) is 0 Å². The Hall–Kier alpha value is -7.25. The third-order valence-electron chi connectivity index (χ3n) is 13.1. The van der Waals surface area contributed by atoms with E-state index >= 15 is 0 Å². The minimum absolute atomic E-state index is 0.0431. The fraction of sp³-hybridized carbons (Fsp3) is 0.367. The molecule has 4 aromatic carbocycles. The quantitative estimate of drug-likeness (QED) is 0.103. The van der Waals surface area contributed by atoms with Crippen LogP contribution >= 0.6 is 0 Å². The van der Waals surface area contributed by atoms with Crippen molar-refractivity contribution in [1.82, 2.24) is 40.4 Å². The highest BCUT2D eigenvalue weighted by Gasteiger charge is 2.38. The molecule has 2 aliphatic heterocycles. The number of carbonyl (C=O) groups excluding carboxylic acids is 4. The first-order chi connectivity index (χ1) is 31.6. The fourth-order valence-corrected chi connectivity index (χ4v) is 9.74. The monoisotopic (exact) mass is 876 g/mol. The van der Waals surface area contributed by atoms with E-state index in [0.29, 0.717) is 31.2 Å². The Balaban J connectivity index is 0.940. The van der Waals surface area contributed by atoms with Crippen LogP contribution in [0.1, 0.15) is 78.1 Å². The average Bonchev–Trinajstić information content (AvgIpc) is 4.16. The maximum absolute atomic E-state index is 13.6. The van der Waals surface area contributed by atoms with Gasteiger partial charge in [-0.15, -0.1) is 0 Å². The molecule has 2 saturated heterocycles. The van der Waals surface area contributed by atoms with Crippen LogP contribution in [0, 0.1) is 11.3 Å². The lowest BCUT2D eigenvalue weighted by Crippen LogP contribution is -2.52. The second-order valence-electron chi connectivity index (χ2n) is 17.0. The van der Waals surface area contributed by atoms with Crippen molar-refractivity contribution < 1.29 is 28.7 Å². The first-order valence-electron chi connectivity index (χ1n) is 22.2. The summed E-state index contributed by atoms with van der Waals surface area (Å²) in [5.41, 5.74) is 18.7. The molecule has 2 aromatic heterocycles. The van der Waals surface area contributed by atoms with Gasteiger partial charge in [-0.1, -0.05) is 48.5 Å². The molecule has 16 heteroatoms. The lowest BCUT2D eigenvalue weighted by Gasteiger charge is -2.27. The number of aromatic nitrogens is 4. The Labute approximate surface area is 375 Å². The number of hydrogen-bond acceptors (Lipinski definition) is 10. The molecule has 12 rings (SSSR count). The third kappa shape index (κ3) is 8.71. The van der Waals surface area contributed by atoms with E-state index in [-0.39, 0.29) is 36.9 Å². The van der Waals surface area contributed by atoms with Crippen LogP contribution in [-0.2, 0) is 44.7 Å². The molecule has 6 N–H and O–H groups in total. The van der Waals surface area contributed by atoms with Crippen LogP contribution in [0.4, 0.5) is 9.59 Å². The van der Waals surface area contributed by atoms with E-state index < -0.39 is 24.3 Å². The van der Waals surface area contributed by atoms with Crippen molar-refractivity contribution in [2.24, 2.45) is 5.73 Å². The molecule has 4 atom stereocenters. The van der Waals surface area contributed by atoms with Crippen molar-refractivity contribution in [3.05, 3.63) is 107 Å². The van der Waals surface area contributed by atoms with E-state index in [1.165, 1.54) is 47.6 Å². The number of H-pyrrole nitrogens is 2. The Morgan fingerprint density at radius 3 is 1.65 bits per heavy atom. The number of imidazole rings is 2. The standard InChI is InChI=1S/C49H52N10O6/c1-64-48(62)56-38(19-20-50)46(60)58-21-3-5-42(58)44-52-36-17-15-32(25-39(36)54-44)34-23-28-7-11-30(34)12-8-29-10-14-31(13-9-28)35(24-29)33-16-18-37-40(26-33)55-45(53-37)43-6-4-22-59(43)47(61)41(27-51)57-49(63)65-2/h7,10-11,14-18,23-26,38,41-43H,3-6,8-9,12-13,19,21-22,27,51H2,1-2H3,(H,52,54)(H,53,55)(H,56,62)(H,57,63)/t38-,41-,42-,43-/m0/s1. The molecule has 2 fully saturated rings. The molecule has 4 heterocycles. The van der Waals surface area contributed by atoms with Gasteiger partial charge in [0.1, 0.15) is 23.7 Å². The number of nitriles is 1. The highest BCUT2D eigenvalue weighted by molar-refractivity contribution is 5.88. The van der Waals surface area contributed by atoms with Gasteiger partial charge in [0.05, 0.1) is 60.9 Å². The maximum Gasteiger partial charge on any atom is 0.407 e. The van der Waals surface area contributed by atoms with Crippen LogP contribution < -0.4 is 16.4 Å². The molecular weight excluding hydrogens is 825 g/mol. The van der Waals surface area contributed by atoms with Crippen LogP contribution in [0.2, 0.25) is 0 Å². The fourth-order valence-electron chi connectivity index (χ4n) is 9.74. The van der Waals surface area contributed by atoms with E-state index in [2.05, 4.69) is 87.3 Å². The second-order valence-corrected chi connectivity index (χ2v) is 17.0. The maximum atomic E-state index is 13.6. The zero-order valence-electron chi connectivity index (χ0n) is 36.5. The van der Waals surface area contributed by atoms with Crippen molar-refractivity contribution in [3.63, 3.8) is 0 Å². The molecule has 6 aliphatic rings. The number of alkyl carbamates (subject to hydrolysis) is 2. The van der Waals surface area contributed by atoms with E-state index in [0.717, 1.165) is 78.1 Å². The van der Waals surface area contributed by atoms with Crippen LogP contribution in [-0.4, -0.2) is 99.7 Å². The van der Waals surface area contributed by atoms with Gasteiger partial charge in [-0.3, -0.25) is 9.59 Å². The van der Waals surface area contributed by atoms with Gasteiger partial charge in [0.2, 0.25) is 11.8 Å². The van der Waals surface area contributed by atoms with Crippen LogP contribution in [0.5, 0.6) is 0 Å². The summed E-state index contributed by atoms with van der Waals surface area (Å²) in [6.45, 7) is 0.999. The number of fused-ring (bicyclic) bond motifs is 2. The number of rotatable bonds is 10. The Morgan fingerprint density at radius 1 is 0.708 bits per heavy atom. The number of benzene rings is 4. The van der Waals surface area contributed by atoms with Gasteiger partial charge in [-0.05, 0) is 120 Å². The largest absolute Gasteiger partial charge is 0.453 e. The number of aryl methyl sites for hydroxylation is 4. The number of nitrogens with two attached hydrogens (primary N) is 1. The molecule has 334 valence electrons. The van der Waals surface area contributed by atoms with E-state index in [9.17, 15) is 24.4 Å². The molecule has 6 aromatic rings. The first-order valence-corrected chi connectivity index (χ1v) is 22.2. The van der Waals surface area contributed by atoms with Crippen molar-refractivity contribution >= 4 is 46.1 Å². The van der Waals surface area contributed by atoms with E-state index in [1.54, 1.807) is 9.80 Å². The minimum Gasteiger partial charge on any atom is -0.453 e. The highest BCUT2D eigenvalue weighted by Crippen LogP contribution is 2.37. The number of nitrogens with one attached hydrogen (secondary N) is 4. The molecule has 4 aliphatic carbocycles. The Kier molecular flexibility index (Phi) is 12.2. The number of carbonyl (C=O) groups is 4. The summed E-state index contributed by atoms with van der Waals surface area (Å²) in [5.74, 6) is 0.804. The molecule has 16 nitrogen and oxygen atoms in total. The molecule has 4 amide bonds. The summed E-state index contributed by atoms with van der Waals surface area (Å²) in [4.78, 5) is 71.4. The van der Waals surface area contributed by atoms with Gasteiger partial charge in [0.25, 0.3) is 0 Å².